The summed E-state index contributed by atoms with van der Waals surface area (Å²) in [6, 6.07) is 11.0. The monoisotopic (exact) mass is 381 g/mol. The molecular weight excluding hydrogens is 362 g/mol. The molecular formula is C19H19N5O2S. The zero-order valence-electron chi connectivity index (χ0n) is 15.0. The van der Waals surface area contributed by atoms with E-state index < -0.39 is 0 Å². The Morgan fingerprint density at radius 3 is 2.63 bits per heavy atom. The normalized spacial score (nSPS) is 10.6. The maximum atomic E-state index is 12.2. The van der Waals surface area contributed by atoms with Crippen LogP contribution in [-0.4, -0.2) is 37.2 Å². The molecule has 0 saturated heterocycles. The Labute approximate surface area is 161 Å². The van der Waals surface area contributed by atoms with Crippen LogP contribution < -0.4 is 5.32 Å². The molecule has 27 heavy (non-hydrogen) atoms. The number of aromatic nitrogens is 4. The first-order chi connectivity index (χ1) is 13.1. The van der Waals surface area contributed by atoms with E-state index in [0.717, 1.165) is 5.69 Å². The zero-order chi connectivity index (χ0) is 19.2. The molecule has 0 radical (unpaired) electrons. The van der Waals surface area contributed by atoms with Crippen molar-refractivity contribution in [2.45, 2.75) is 25.5 Å². The van der Waals surface area contributed by atoms with Gasteiger partial charge in [0, 0.05) is 35.8 Å². The summed E-state index contributed by atoms with van der Waals surface area (Å²) in [5, 5.41) is 11.9. The Morgan fingerprint density at radius 1 is 1.15 bits per heavy atom. The Hall–Kier alpha value is -3.00. The molecule has 0 saturated carbocycles. The maximum Gasteiger partial charge on any atom is 0.234 e. The van der Waals surface area contributed by atoms with Crippen LogP contribution in [0.4, 0.5) is 5.69 Å². The number of carbonyl (C=O) groups is 2. The standard InChI is InChI=1S/C19H19N5O2S/c1-3-24-18(16-11-20-10-9-15(16)13(2)25)22-23-19(24)27-12-17(26)21-14-7-5-4-6-8-14/h4-11H,3,12H2,1-2H3,(H,21,26). The third-order valence-corrected chi connectivity index (χ3v) is 4.83. The van der Waals surface area contributed by atoms with Crippen LogP contribution in [0, 0.1) is 0 Å². The summed E-state index contributed by atoms with van der Waals surface area (Å²) >= 11 is 1.30. The highest BCUT2D eigenvalue weighted by Crippen LogP contribution is 2.26. The van der Waals surface area contributed by atoms with Gasteiger partial charge in [-0.15, -0.1) is 10.2 Å². The minimum absolute atomic E-state index is 0.0607. The molecule has 1 aromatic carbocycles. The molecule has 3 aromatic rings. The van der Waals surface area contributed by atoms with E-state index in [1.807, 2.05) is 41.8 Å². The Balaban J connectivity index is 1.77. The number of carbonyl (C=O) groups excluding carboxylic acids is 2. The molecule has 2 aromatic heterocycles. The third-order valence-electron chi connectivity index (χ3n) is 3.86. The predicted molar refractivity (Wildman–Crippen MR) is 105 cm³/mol. The topological polar surface area (TPSA) is 89.8 Å². The van der Waals surface area contributed by atoms with E-state index in [9.17, 15) is 9.59 Å². The van der Waals surface area contributed by atoms with Gasteiger partial charge in [0.15, 0.2) is 16.8 Å². The van der Waals surface area contributed by atoms with Gasteiger partial charge in [0.05, 0.1) is 5.75 Å². The van der Waals surface area contributed by atoms with Gasteiger partial charge in [-0.05, 0) is 32.0 Å². The van der Waals surface area contributed by atoms with E-state index in [1.54, 1.807) is 18.5 Å². The predicted octanol–water partition coefficient (Wildman–Crippen LogP) is 3.29. The van der Waals surface area contributed by atoms with E-state index in [1.165, 1.54) is 18.7 Å². The number of Topliss-reactive ketones (excluding diaryl/α,β-unsaturated/α-hetero) is 1. The quantitative estimate of drug-likeness (QED) is 0.499. The number of hydrogen-bond donors (Lipinski definition) is 1. The van der Waals surface area contributed by atoms with Crippen LogP contribution in [0.1, 0.15) is 24.2 Å². The van der Waals surface area contributed by atoms with Crippen LogP contribution in [0.25, 0.3) is 11.4 Å². The average molecular weight is 381 g/mol. The summed E-state index contributed by atoms with van der Waals surface area (Å²) in [6.07, 6.45) is 3.19. The summed E-state index contributed by atoms with van der Waals surface area (Å²) in [5.41, 5.74) is 1.94. The molecule has 0 aliphatic rings. The van der Waals surface area contributed by atoms with E-state index in [2.05, 4.69) is 20.5 Å². The second kappa shape index (κ2) is 8.59. The van der Waals surface area contributed by atoms with Crippen molar-refractivity contribution in [2.75, 3.05) is 11.1 Å². The number of para-hydroxylation sites is 1. The van der Waals surface area contributed by atoms with Gasteiger partial charge in [-0.2, -0.15) is 0 Å². The molecule has 0 fully saturated rings. The minimum Gasteiger partial charge on any atom is -0.325 e. The number of nitrogens with zero attached hydrogens (tertiary/aromatic N) is 4. The first-order valence-electron chi connectivity index (χ1n) is 8.46. The molecule has 0 bridgehead atoms. The van der Waals surface area contributed by atoms with Gasteiger partial charge in [0.2, 0.25) is 5.91 Å². The SMILES string of the molecule is CCn1c(SCC(=O)Nc2ccccc2)nnc1-c1cnccc1C(C)=O. The molecule has 3 rings (SSSR count). The highest BCUT2D eigenvalue weighted by Gasteiger charge is 2.18. The van der Waals surface area contributed by atoms with Crippen molar-refractivity contribution >= 4 is 29.1 Å². The zero-order valence-corrected chi connectivity index (χ0v) is 15.9. The highest BCUT2D eigenvalue weighted by molar-refractivity contribution is 7.99. The van der Waals surface area contributed by atoms with Crippen molar-refractivity contribution in [2.24, 2.45) is 0 Å². The van der Waals surface area contributed by atoms with Crippen LogP contribution in [0.2, 0.25) is 0 Å². The number of anilines is 1. The number of rotatable bonds is 7. The summed E-state index contributed by atoms with van der Waals surface area (Å²) < 4.78 is 1.88. The van der Waals surface area contributed by atoms with Crippen molar-refractivity contribution < 1.29 is 9.59 Å². The lowest BCUT2D eigenvalue weighted by atomic mass is 10.1. The van der Waals surface area contributed by atoms with Crippen LogP contribution in [-0.2, 0) is 11.3 Å². The van der Waals surface area contributed by atoms with Crippen LogP contribution >= 0.6 is 11.8 Å². The lowest BCUT2D eigenvalue weighted by Crippen LogP contribution is -2.14. The molecule has 0 unspecified atom stereocenters. The average Bonchev–Trinajstić information content (AvgIpc) is 3.10. The number of ketones is 1. The maximum absolute atomic E-state index is 12.2. The fraction of sp³-hybridized carbons (Fsp3) is 0.211. The fourth-order valence-electron chi connectivity index (χ4n) is 2.61. The summed E-state index contributed by atoms with van der Waals surface area (Å²) in [7, 11) is 0. The largest absolute Gasteiger partial charge is 0.325 e. The number of amides is 1. The molecule has 1 amide bonds. The van der Waals surface area contributed by atoms with Gasteiger partial charge in [-0.1, -0.05) is 30.0 Å². The molecule has 8 heteroatoms. The van der Waals surface area contributed by atoms with Crippen LogP contribution in [0.5, 0.6) is 0 Å². The summed E-state index contributed by atoms with van der Waals surface area (Å²) in [4.78, 5) is 28.2. The third kappa shape index (κ3) is 4.40. The van der Waals surface area contributed by atoms with Gasteiger partial charge in [-0.25, -0.2) is 0 Å². The fourth-order valence-corrected chi connectivity index (χ4v) is 3.41. The summed E-state index contributed by atoms with van der Waals surface area (Å²) in [6.45, 7) is 4.08. The van der Waals surface area contributed by atoms with Gasteiger partial charge in [0.1, 0.15) is 0 Å². The molecule has 1 N–H and O–H groups in total. The second-order valence-corrected chi connectivity index (χ2v) is 6.67. The second-order valence-electron chi connectivity index (χ2n) is 5.73. The molecule has 138 valence electrons. The smallest absolute Gasteiger partial charge is 0.234 e. The van der Waals surface area contributed by atoms with E-state index in [0.29, 0.717) is 28.7 Å². The Bertz CT molecular complexity index is 956. The molecule has 7 nitrogen and oxygen atoms in total. The number of nitrogens with one attached hydrogen (secondary N) is 1. The van der Waals surface area contributed by atoms with Gasteiger partial charge in [-0.3, -0.25) is 14.6 Å². The first kappa shape index (κ1) is 18.8. The minimum atomic E-state index is -0.121. The number of benzene rings is 1. The van der Waals surface area contributed by atoms with Crippen molar-refractivity contribution in [3.8, 4) is 11.4 Å². The molecule has 0 atom stereocenters. The van der Waals surface area contributed by atoms with Crippen molar-refractivity contribution in [1.82, 2.24) is 19.7 Å². The van der Waals surface area contributed by atoms with Crippen molar-refractivity contribution in [3.63, 3.8) is 0 Å². The van der Waals surface area contributed by atoms with Gasteiger partial charge >= 0.3 is 0 Å². The van der Waals surface area contributed by atoms with Crippen molar-refractivity contribution in [3.05, 3.63) is 54.4 Å². The lowest BCUT2D eigenvalue weighted by Gasteiger charge is -2.09. The molecule has 2 heterocycles. The van der Waals surface area contributed by atoms with Crippen molar-refractivity contribution in [1.29, 1.82) is 0 Å². The van der Waals surface area contributed by atoms with Gasteiger partial charge < -0.3 is 9.88 Å². The van der Waals surface area contributed by atoms with E-state index in [4.69, 9.17) is 0 Å². The van der Waals surface area contributed by atoms with Gasteiger partial charge in [0.25, 0.3) is 0 Å². The lowest BCUT2D eigenvalue weighted by molar-refractivity contribution is -0.113. The van der Waals surface area contributed by atoms with E-state index >= 15 is 0 Å². The molecule has 0 aliphatic carbocycles. The number of hydrogen-bond acceptors (Lipinski definition) is 6. The van der Waals surface area contributed by atoms with E-state index in [-0.39, 0.29) is 17.4 Å². The molecule has 0 aliphatic heterocycles. The Morgan fingerprint density at radius 2 is 1.93 bits per heavy atom. The highest BCUT2D eigenvalue weighted by atomic mass is 32.2. The molecule has 0 spiro atoms. The first-order valence-corrected chi connectivity index (χ1v) is 9.45. The number of thioether (sulfide) groups is 1. The van der Waals surface area contributed by atoms with Crippen LogP contribution in [0.15, 0.2) is 53.9 Å². The summed E-state index contributed by atoms with van der Waals surface area (Å²) in [5.74, 6) is 0.597. The van der Waals surface area contributed by atoms with Crippen LogP contribution in [0.3, 0.4) is 0 Å². The Kier molecular flexibility index (Phi) is 5.97. The number of pyridine rings is 1.